The van der Waals surface area contributed by atoms with E-state index in [-0.39, 0.29) is 17.2 Å². The lowest BCUT2D eigenvalue weighted by molar-refractivity contribution is -0.144. The minimum atomic E-state index is -3.30. The maximum atomic E-state index is 12.7. The molecule has 2 aliphatic carbocycles. The predicted molar refractivity (Wildman–Crippen MR) is 101 cm³/mol. The molecule has 1 spiro atoms. The molecule has 1 unspecified atom stereocenters. The van der Waals surface area contributed by atoms with Gasteiger partial charge in [-0.2, -0.15) is 4.98 Å². The number of aromatic nitrogens is 2. The van der Waals surface area contributed by atoms with Gasteiger partial charge in [-0.05, 0) is 31.6 Å². The molecule has 2 aliphatic heterocycles. The van der Waals surface area contributed by atoms with Crippen molar-refractivity contribution in [2.75, 3.05) is 32.4 Å². The Labute approximate surface area is 165 Å². The minimum absolute atomic E-state index is 0.141. The molecule has 8 nitrogen and oxygen atoms in total. The number of carbonyl (C=O) groups excluding carboxylic acids is 1. The van der Waals surface area contributed by atoms with Crippen LogP contribution in [0.25, 0.3) is 0 Å². The van der Waals surface area contributed by atoms with Crippen LogP contribution in [0.1, 0.15) is 68.5 Å². The van der Waals surface area contributed by atoms with E-state index in [1.54, 1.807) is 0 Å². The first-order valence-electron chi connectivity index (χ1n) is 10.4. The van der Waals surface area contributed by atoms with Gasteiger partial charge >= 0.3 is 0 Å². The summed E-state index contributed by atoms with van der Waals surface area (Å²) < 4.78 is 31.4. The molecule has 1 amide bonds. The van der Waals surface area contributed by atoms with Gasteiger partial charge in [-0.1, -0.05) is 18.0 Å². The zero-order valence-electron chi connectivity index (χ0n) is 16.3. The smallest absolute Gasteiger partial charge is 0.231 e. The van der Waals surface area contributed by atoms with Crippen LogP contribution >= 0.6 is 0 Å². The zero-order chi connectivity index (χ0) is 19.5. The lowest BCUT2D eigenvalue weighted by Crippen LogP contribution is -2.61. The normalized spacial score (nSPS) is 28.2. The van der Waals surface area contributed by atoms with Crippen LogP contribution in [-0.4, -0.2) is 66.1 Å². The van der Waals surface area contributed by atoms with Gasteiger partial charge in [0.15, 0.2) is 5.82 Å². The second-order valence-corrected chi connectivity index (χ2v) is 11.3. The van der Waals surface area contributed by atoms with Gasteiger partial charge in [-0.25, -0.2) is 12.7 Å². The molecule has 28 heavy (non-hydrogen) atoms. The van der Waals surface area contributed by atoms with Crippen LogP contribution < -0.4 is 0 Å². The summed E-state index contributed by atoms with van der Waals surface area (Å²) in [6.45, 7) is 1.94. The van der Waals surface area contributed by atoms with Crippen LogP contribution in [0.2, 0.25) is 0 Å². The fourth-order valence-electron chi connectivity index (χ4n) is 5.21. The number of likely N-dealkylation sites (tertiary alicyclic amines) is 1. The first-order chi connectivity index (χ1) is 13.3. The zero-order valence-corrected chi connectivity index (χ0v) is 17.2. The SMILES string of the molecule is CS(=O)(=O)N1CC(c2nc(C3CC3)no2)C2(CN(C(=O)CC3CCCC3)C2)C1. The summed E-state index contributed by atoms with van der Waals surface area (Å²) in [5, 5.41) is 4.12. The lowest BCUT2D eigenvalue weighted by atomic mass is 9.71. The Hall–Kier alpha value is -1.48. The van der Waals surface area contributed by atoms with Crippen molar-refractivity contribution in [1.29, 1.82) is 0 Å². The Bertz CT molecular complexity index is 866. The highest BCUT2D eigenvalue weighted by Gasteiger charge is 2.59. The van der Waals surface area contributed by atoms with E-state index < -0.39 is 10.0 Å². The Morgan fingerprint density at radius 3 is 2.54 bits per heavy atom. The molecule has 9 heteroatoms. The van der Waals surface area contributed by atoms with Gasteiger partial charge in [0.05, 0.1) is 12.2 Å². The van der Waals surface area contributed by atoms with Crippen molar-refractivity contribution in [2.45, 2.75) is 56.8 Å². The summed E-state index contributed by atoms with van der Waals surface area (Å²) in [5.41, 5.74) is -0.304. The molecule has 0 radical (unpaired) electrons. The van der Waals surface area contributed by atoms with E-state index in [1.165, 1.54) is 23.4 Å². The molecule has 2 saturated carbocycles. The first-order valence-corrected chi connectivity index (χ1v) is 12.3. The molecule has 1 aromatic heterocycles. The number of carbonyl (C=O) groups is 1. The van der Waals surface area contributed by atoms with E-state index in [0.717, 1.165) is 31.5 Å². The van der Waals surface area contributed by atoms with Gasteiger partial charge in [-0.3, -0.25) is 4.79 Å². The first kappa shape index (κ1) is 18.5. The van der Waals surface area contributed by atoms with Gasteiger partial charge in [0.25, 0.3) is 0 Å². The number of hydrogen-bond acceptors (Lipinski definition) is 6. The summed E-state index contributed by atoms with van der Waals surface area (Å²) in [6, 6.07) is 0. The van der Waals surface area contributed by atoms with E-state index in [2.05, 4.69) is 10.1 Å². The summed E-state index contributed by atoms with van der Waals surface area (Å²) in [4.78, 5) is 19.2. The molecule has 154 valence electrons. The fraction of sp³-hybridized carbons (Fsp3) is 0.842. The van der Waals surface area contributed by atoms with Gasteiger partial charge in [0.2, 0.25) is 21.8 Å². The highest BCUT2D eigenvalue weighted by Crippen LogP contribution is 2.50. The van der Waals surface area contributed by atoms with Crippen LogP contribution in [0.3, 0.4) is 0 Å². The molecule has 4 fully saturated rings. The Morgan fingerprint density at radius 2 is 1.89 bits per heavy atom. The maximum Gasteiger partial charge on any atom is 0.231 e. The van der Waals surface area contributed by atoms with Gasteiger partial charge in [0.1, 0.15) is 0 Å². The van der Waals surface area contributed by atoms with E-state index in [0.29, 0.717) is 50.3 Å². The van der Waals surface area contributed by atoms with Crippen LogP contribution in [0, 0.1) is 11.3 Å². The summed E-state index contributed by atoms with van der Waals surface area (Å²) >= 11 is 0. The molecular formula is C19H28N4O4S. The van der Waals surface area contributed by atoms with Crippen LogP contribution in [0.4, 0.5) is 0 Å². The molecule has 5 rings (SSSR count). The van der Waals surface area contributed by atoms with Crippen molar-refractivity contribution in [3.8, 4) is 0 Å². The fourth-order valence-corrected chi connectivity index (χ4v) is 6.12. The maximum absolute atomic E-state index is 12.7. The molecule has 1 atom stereocenters. The molecule has 0 bridgehead atoms. The average Bonchev–Trinajstić information content (AvgIpc) is 3.02. The van der Waals surface area contributed by atoms with E-state index in [9.17, 15) is 13.2 Å². The van der Waals surface area contributed by atoms with Crippen LogP contribution in [-0.2, 0) is 14.8 Å². The van der Waals surface area contributed by atoms with Crippen molar-refractivity contribution < 1.29 is 17.7 Å². The number of hydrogen-bond donors (Lipinski definition) is 0. The molecular weight excluding hydrogens is 380 g/mol. The molecule has 4 aliphatic rings. The molecule has 1 aromatic rings. The average molecular weight is 409 g/mol. The van der Waals surface area contributed by atoms with Crippen molar-refractivity contribution in [3.05, 3.63) is 11.7 Å². The summed E-state index contributed by atoms with van der Waals surface area (Å²) in [6.07, 6.45) is 8.82. The largest absolute Gasteiger partial charge is 0.341 e. The van der Waals surface area contributed by atoms with E-state index >= 15 is 0 Å². The van der Waals surface area contributed by atoms with E-state index in [4.69, 9.17) is 4.52 Å². The van der Waals surface area contributed by atoms with Gasteiger partial charge in [0, 0.05) is 43.9 Å². The monoisotopic (exact) mass is 408 g/mol. The highest BCUT2D eigenvalue weighted by atomic mass is 32.2. The van der Waals surface area contributed by atoms with Crippen molar-refractivity contribution in [1.82, 2.24) is 19.3 Å². The Kier molecular flexibility index (Phi) is 4.32. The Balaban J connectivity index is 1.32. The molecule has 3 heterocycles. The second kappa shape index (κ2) is 6.52. The summed E-state index contributed by atoms with van der Waals surface area (Å²) in [7, 11) is -3.30. The number of sulfonamides is 1. The quantitative estimate of drug-likeness (QED) is 0.736. The topological polar surface area (TPSA) is 96.6 Å². The van der Waals surface area contributed by atoms with Gasteiger partial charge in [-0.15, -0.1) is 0 Å². The van der Waals surface area contributed by atoms with Crippen molar-refractivity contribution in [3.63, 3.8) is 0 Å². The molecule has 0 N–H and O–H groups in total. The predicted octanol–water partition coefficient (Wildman–Crippen LogP) is 1.71. The number of rotatable bonds is 5. The molecule has 2 saturated heterocycles. The third-order valence-electron chi connectivity index (χ3n) is 7.09. The Morgan fingerprint density at radius 1 is 1.18 bits per heavy atom. The molecule has 0 aromatic carbocycles. The van der Waals surface area contributed by atoms with Crippen LogP contribution in [0.5, 0.6) is 0 Å². The minimum Gasteiger partial charge on any atom is -0.341 e. The second-order valence-electron chi connectivity index (χ2n) is 9.34. The standard InChI is InChI=1S/C19H28N4O4S/c1-28(25,26)23-9-15(18-20-17(21-27-18)14-6-7-14)19(12-23)10-22(11-19)16(24)8-13-4-2-3-5-13/h13-15H,2-12H2,1H3. The lowest BCUT2D eigenvalue weighted by Gasteiger charge is -2.50. The number of amides is 1. The van der Waals surface area contributed by atoms with Crippen molar-refractivity contribution >= 4 is 15.9 Å². The number of nitrogens with zero attached hydrogens (tertiary/aromatic N) is 4. The third kappa shape index (κ3) is 3.26. The van der Waals surface area contributed by atoms with Crippen molar-refractivity contribution in [2.24, 2.45) is 11.3 Å². The third-order valence-corrected chi connectivity index (χ3v) is 8.30. The highest BCUT2D eigenvalue weighted by molar-refractivity contribution is 7.88. The summed E-state index contributed by atoms with van der Waals surface area (Å²) in [5.74, 6) is 2.27. The van der Waals surface area contributed by atoms with Gasteiger partial charge < -0.3 is 9.42 Å². The van der Waals surface area contributed by atoms with Crippen LogP contribution in [0.15, 0.2) is 4.52 Å². The van der Waals surface area contributed by atoms with E-state index in [1.807, 2.05) is 4.90 Å².